The highest BCUT2D eigenvalue weighted by atomic mass is 79.9. The minimum Gasteiger partial charge on any atom is -0.390 e. The summed E-state index contributed by atoms with van der Waals surface area (Å²) >= 11 is 14.8. The Labute approximate surface area is 113 Å². The smallest absolute Gasteiger partial charge is 0.105 e. The van der Waals surface area contributed by atoms with Gasteiger partial charge in [-0.25, -0.2) is 0 Å². The molecule has 2 N–H and O–H groups in total. The van der Waals surface area contributed by atoms with Gasteiger partial charge in [0, 0.05) is 16.2 Å². The van der Waals surface area contributed by atoms with Gasteiger partial charge in [0.15, 0.2) is 0 Å². The third-order valence-corrected chi connectivity index (χ3v) is 3.44. The van der Waals surface area contributed by atoms with Crippen LogP contribution in [0.4, 0.5) is 0 Å². The van der Waals surface area contributed by atoms with Gasteiger partial charge in [-0.2, -0.15) is 0 Å². The normalized spacial score (nSPS) is 14.8. The second-order valence-corrected chi connectivity index (χ2v) is 4.94. The largest absolute Gasteiger partial charge is 0.390 e. The molecule has 0 fully saturated rings. The molecule has 1 aromatic rings. The van der Waals surface area contributed by atoms with Crippen molar-refractivity contribution >= 4 is 39.1 Å². The van der Waals surface area contributed by atoms with E-state index in [2.05, 4.69) is 15.9 Å². The maximum atomic E-state index is 9.87. The fourth-order valence-electron chi connectivity index (χ4n) is 1.37. The molecule has 0 spiro atoms. The first-order valence-electron chi connectivity index (χ1n) is 4.86. The highest BCUT2D eigenvalue weighted by Crippen LogP contribution is 2.25. The molecule has 0 saturated carbocycles. The van der Waals surface area contributed by atoms with Crippen molar-refractivity contribution < 1.29 is 10.2 Å². The van der Waals surface area contributed by atoms with Crippen molar-refractivity contribution in [3.63, 3.8) is 0 Å². The molecule has 0 aliphatic rings. The van der Waals surface area contributed by atoms with Crippen LogP contribution in [0, 0.1) is 0 Å². The predicted molar refractivity (Wildman–Crippen MR) is 70.4 cm³/mol. The van der Waals surface area contributed by atoms with Gasteiger partial charge < -0.3 is 10.2 Å². The Hall–Kier alpha value is 0.200. The molecule has 0 heterocycles. The van der Waals surface area contributed by atoms with Crippen LogP contribution in [0.25, 0.3) is 0 Å². The lowest BCUT2D eigenvalue weighted by atomic mass is 10.0. The van der Waals surface area contributed by atoms with Crippen LogP contribution >= 0.6 is 39.1 Å². The Bertz CT molecular complexity index is 347. The molecule has 0 aromatic heterocycles. The summed E-state index contributed by atoms with van der Waals surface area (Å²) in [5, 5.41) is 20.7. The molecule has 0 bridgehead atoms. The van der Waals surface area contributed by atoms with Crippen LogP contribution in [-0.4, -0.2) is 21.6 Å². The van der Waals surface area contributed by atoms with Gasteiger partial charge in [-0.05, 0) is 23.6 Å². The molecule has 1 rings (SSSR count). The lowest BCUT2D eigenvalue weighted by Gasteiger charge is -2.18. The Balaban J connectivity index is 2.87. The lowest BCUT2D eigenvalue weighted by Crippen LogP contribution is -2.18. The molecular formula is C11H13BrCl2O2. The van der Waals surface area contributed by atoms with E-state index in [0.29, 0.717) is 22.3 Å². The second-order valence-electron chi connectivity index (χ2n) is 3.47. The van der Waals surface area contributed by atoms with Crippen molar-refractivity contribution in [1.82, 2.24) is 0 Å². The third kappa shape index (κ3) is 3.60. The minimum atomic E-state index is -0.906. The number of hydrogen-bond donors (Lipinski definition) is 2. The van der Waals surface area contributed by atoms with E-state index in [1.54, 1.807) is 18.2 Å². The quantitative estimate of drug-likeness (QED) is 0.815. The zero-order valence-electron chi connectivity index (χ0n) is 8.54. The summed E-state index contributed by atoms with van der Waals surface area (Å²) in [5.74, 6) is 0.286. The topological polar surface area (TPSA) is 40.5 Å². The van der Waals surface area contributed by atoms with Crippen molar-refractivity contribution in [2.75, 3.05) is 5.33 Å². The molecule has 2 atom stereocenters. The first-order chi connectivity index (χ1) is 7.60. The summed E-state index contributed by atoms with van der Waals surface area (Å²) in [5.41, 5.74) is 1.39. The summed E-state index contributed by atoms with van der Waals surface area (Å²) in [4.78, 5) is 0. The summed E-state index contributed by atoms with van der Waals surface area (Å²) < 4.78 is 0. The van der Waals surface area contributed by atoms with Crippen LogP contribution in [0.2, 0.25) is 5.02 Å². The van der Waals surface area contributed by atoms with E-state index in [-0.39, 0.29) is 5.88 Å². The van der Waals surface area contributed by atoms with Gasteiger partial charge in [-0.3, -0.25) is 0 Å². The maximum Gasteiger partial charge on any atom is 0.105 e. The van der Waals surface area contributed by atoms with Gasteiger partial charge in [0.2, 0.25) is 0 Å². The number of alkyl halides is 2. The van der Waals surface area contributed by atoms with E-state index in [1.807, 2.05) is 0 Å². The van der Waals surface area contributed by atoms with Crippen LogP contribution in [-0.2, 0) is 5.88 Å². The van der Waals surface area contributed by atoms with Crippen LogP contribution in [0.1, 0.15) is 23.7 Å². The third-order valence-electron chi connectivity index (χ3n) is 2.32. The van der Waals surface area contributed by atoms with Crippen molar-refractivity contribution in [2.24, 2.45) is 0 Å². The van der Waals surface area contributed by atoms with Crippen LogP contribution in [0.15, 0.2) is 18.2 Å². The van der Waals surface area contributed by atoms with Gasteiger partial charge in [-0.1, -0.05) is 39.7 Å². The number of rotatable bonds is 5. The highest BCUT2D eigenvalue weighted by molar-refractivity contribution is 9.09. The van der Waals surface area contributed by atoms with Crippen LogP contribution < -0.4 is 0 Å². The van der Waals surface area contributed by atoms with E-state index in [9.17, 15) is 10.2 Å². The maximum absolute atomic E-state index is 9.87. The fourth-order valence-corrected chi connectivity index (χ4v) is 2.32. The van der Waals surface area contributed by atoms with E-state index in [4.69, 9.17) is 23.2 Å². The highest BCUT2D eigenvalue weighted by Gasteiger charge is 2.18. The second kappa shape index (κ2) is 6.82. The molecule has 90 valence electrons. The Morgan fingerprint density at radius 2 is 2.00 bits per heavy atom. The monoisotopic (exact) mass is 326 g/mol. The number of benzene rings is 1. The summed E-state index contributed by atoms with van der Waals surface area (Å²) in [7, 11) is 0. The van der Waals surface area contributed by atoms with Crippen molar-refractivity contribution in [3.05, 3.63) is 34.3 Å². The van der Waals surface area contributed by atoms with Gasteiger partial charge in [0.05, 0.1) is 6.10 Å². The van der Waals surface area contributed by atoms with E-state index in [1.165, 1.54) is 0 Å². The SMILES string of the molecule is OC(CCBr)C(O)c1ccc(Cl)c(CCl)c1. The number of hydrogen-bond acceptors (Lipinski definition) is 2. The molecule has 2 unspecified atom stereocenters. The molecule has 5 heteroatoms. The van der Waals surface area contributed by atoms with Gasteiger partial charge in [0.25, 0.3) is 0 Å². The predicted octanol–water partition coefficient (Wildman–Crippen LogP) is 3.26. The number of aliphatic hydroxyl groups is 2. The Kier molecular flexibility index (Phi) is 6.08. The van der Waals surface area contributed by atoms with Gasteiger partial charge in [0.1, 0.15) is 6.10 Å². The summed E-state index contributed by atoms with van der Waals surface area (Å²) in [6.45, 7) is 0. The number of halogens is 3. The molecule has 0 amide bonds. The number of aliphatic hydroxyl groups excluding tert-OH is 2. The Morgan fingerprint density at radius 1 is 1.31 bits per heavy atom. The van der Waals surface area contributed by atoms with Crippen molar-refractivity contribution in [2.45, 2.75) is 24.5 Å². The Morgan fingerprint density at radius 3 is 2.56 bits per heavy atom. The molecule has 0 radical (unpaired) electrons. The molecule has 0 aliphatic carbocycles. The lowest BCUT2D eigenvalue weighted by molar-refractivity contribution is 0.0173. The molecule has 16 heavy (non-hydrogen) atoms. The van der Waals surface area contributed by atoms with Crippen molar-refractivity contribution in [1.29, 1.82) is 0 Å². The van der Waals surface area contributed by atoms with Gasteiger partial charge in [-0.15, -0.1) is 11.6 Å². The molecule has 2 nitrogen and oxygen atoms in total. The van der Waals surface area contributed by atoms with E-state index in [0.717, 1.165) is 5.56 Å². The average Bonchev–Trinajstić information content (AvgIpc) is 2.29. The van der Waals surface area contributed by atoms with Crippen LogP contribution in [0.3, 0.4) is 0 Å². The molecule has 1 aromatic carbocycles. The molecule has 0 saturated heterocycles. The summed E-state index contributed by atoms with van der Waals surface area (Å²) in [6, 6.07) is 5.09. The molecule has 0 aliphatic heterocycles. The minimum absolute atomic E-state index is 0.286. The van der Waals surface area contributed by atoms with Gasteiger partial charge >= 0.3 is 0 Å². The summed E-state index contributed by atoms with van der Waals surface area (Å²) in [6.07, 6.45) is -1.21. The molecular weight excluding hydrogens is 315 g/mol. The van der Waals surface area contributed by atoms with E-state index >= 15 is 0 Å². The average molecular weight is 328 g/mol. The zero-order valence-corrected chi connectivity index (χ0v) is 11.6. The first-order valence-corrected chi connectivity index (χ1v) is 6.90. The van der Waals surface area contributed by atoms with Crippen LogP contribution in [0.5, 0.6) is 0 Å². The standard InChI is InChI=1S/C11H13BrCl2O2/c12-4-3-10(15)11(16)7-1-2-9(14)8(5-7)6-13/h1-2,5,10-11,15-16H,3-4,6H2. The van der Waals surface area contributed by atoms with Crippen molar-refractivity contribution in [3.8, 4) is 0 Å². The zero-order chi connectivity index (χ0) is 12.1. The van der Waals surface area contributed by atoms with E-state index < -0.39 is 12.2 Å². The fraction of sp³-hybridized carbons (Fsp3) is 0.455. The first kappa shape index (κ1) is 14.3.